The van der Waals surface area contributed by atoms with E-state index in [4.69, 9.17) is 4.42 Å². The van der Waals surface area contributed by atoms with Gasteiger partial charge < -0.3 is 9.73 Å². The molecule has 0 aliphatic carbocycles. The molecule has 92 valence electrons. The SMILES string of the molecule is CCNCc1cc(Cn2ccc(C)n2)c(C)o1. The van der Waals surface area contributed by atoms with E-state index in [1.807, 2.05) is 30.8 Å². The van der Waals surface area contributed by atoms with Crippen LogP contribution in [0.25, 0.3) is 0 Å². The smallest absolute Gasteiger partial charge is 0.118 e. The molecule has 2 aromatic heterocycles. The Labute approximate surface area is 102 Å². The molecule has 17 heavy (non-hydrogen) atoms. The molecule has 0 unspecified atom stereocenters. The van der Waals surface area contributed by atoms with Crippen LogP contribution in [0.2, 0.25) is 0 Å². The van der Waals surface area contributed by atoms with Gasteiger partial charge in [0, 0.05) is 11.8 Å². The molecule has 0 amide bonds. The summed E-state index contributed by atoms with van der Waals surface area (Å²) in [6.07, 6.45) is 1.99. The summed E-state index contributed by atoms with van der Waals surface area (Å²) in [6.45, 7) is 8.60. The van der Waals surface area contributed by atoms with E-state index in [2.05, 4.69) is 23.4 Å². The average molecular weight is 233 g/mol. The van der Waals surface area contributed by atoms with E-state index in [-0.39, 0.29) is 0 Å². The Morgan fingerprint density at radius 2 is 2.24 bits per heavy atom. The van der Waals surface area contributed by atoms with Crippen LogP contribution >= 0.6 is 0 Å². The first-order chi connectivity index (χ1) is 8.19. The highest BCUT2D eigenvalue weighted by Crippen LogP contribution is 2.15. The zero-order valence-electron chi connectivity index (χ0n) is 10.7. The molecule has 1 N–H and O–H groups in total. The minimum Gasteiger partial charge on any atom is -0.465 e. The van der Waals surface area contributed by atoms with Gasteiger partial charge in [-0.25, -0.2) is 0 Å². The quantitative estimate of drug-likeness (QED) is 0.861. The Kier molecular flexibility index (Phi) is 3.64. The van der Waals surface area contributed by atoms with Gasteiger partial charge >= 0.3 is 0 Å². The second-order valence-corrected chi connectivity index (χ2v) is 4.23. The van der Waals surface area contributed by atoms with Crippen molar-refractivity contribution in [2.24, 2.45) is 0 Å². The molecular formula is C13H19N3O. The summed E-state index contributed by atoms with van der Waals surface area (Å²) in [7, 11) is 0. The fourth-order valence-corrected chi connectivity index (χ4v) is 1.81. The van der Waals surface area contributed by atoms with Gasteiger partial charge in [0.15, 0.2) is 0 Å². The lowest BCUT2D eigenvalue weighted by Crippen LogP contribution is -2.10. The fraction of sp³-hybridized carbons (Fsp3) is 0.462. The summed E-state index contributed by atoms with van der Waals surface area (Å²) < 4.78 is 7.63. The molecule has 0 spiro atoms. The van der Waals surface area contributed by atoms with Gasteiger partial charge in [-0.15, -0.1) is 0 Å². The first kappa shape index (κ1) is 11.9. The Bertz CT molecular complexity index is 485. The Hall–Kier alpha value is -1.55. The molecule has 4 nitrogen and oxygen atoms in total. The van der Waals surface area contributed by atoms with Crippen LogP contribution in [0.1, 0.15) is 29.7 Å². The van der Waals surface area contributed by atoms with Gasteiger partial charge in [0.05, 0.1) is 18.8 Å². The van der Waals surface area contributed by atoms with Crippen molar-refractivity contribution in [1.29, 1.82) is 0 Å². The molecule has 2 aromatic rings. The lowest BCUT2D eigenvalue weighted by atomic mass is 10.2. The van der Waals surface area contributed by atoms with Gasteiger partial charge in [-0.05, 0) is 32.5 Å². The third kappa shape index (κ3) is 2.97. The molecule has 0 saturated heterocycles. The zero-order valence-corrected chi connectivity index (χ0v) is 10.7. The van der Waals surface area contributed by atoms with Crippen molar-refractivity contribution in [3.63, 3.8) is 0 Å². The predicted octanol–water partition coefficient (Wildman–Crippen LogP) is 2.25. The second-order valence-electron chi connectivity index (χ2n) is 4.23. The highest BCUT2D eigenvalue weighted by atomic mass is 16.3. The summed E-state index contributed by atoms with van der Waals surface area (Å²) in [4.78, 5) is 0. The number of nitrogens with one attached hydrogen (secondary N) is 1. The molecule has 0 aromatic carbocycles. The van der Waals surface area contributed by atoms with Crippen LogP contribution in [0.3, 0.4) is 0 Å². The van der Waals surface area contributed by atoms with Crippen LogP contribution in [0.5, 0.6) is 0 Å². The number of aromatic nitrogens is 2. The fourth-order valence-electron chi connectivity index (χ4n) is 1.81. The van der Waals surface area contributed by atoms with Gasteiger partial charge in [-0.1, -0.05) is 6.92 Å². The molecule has 0 atom stereocenters. The molecule has 0 radical (unpaired) electrons. The van der Waals surface area contributed by atoms with Crippen molar-refractivity contribution in [3.05, 3.63) is 41.1 Å². The Morgan fingerprint density at radius 1 is 1.41 bits per heavy atom. The number of hydrogen-bond donors (Lipinski definition) is 1. The minimum atomic E-state index is 0.773. The summed E-state index contributed by atoms with van der Waals surface area (Å²) in [6, 6.07) is 4.12. The minimum absolute atomic E-state index is 0.773. The van der Waals surface area contributed by atoms with E-state index in [1.54, 1.807) is 0 Å². The van der Waals surface area contributed by atoms with Gasteiger partial charge in [-0.3, -0.25) is 4.68 Å². The largest absolute Gasteiger partial charge is 0.465 e. The van der Waals surface area contributed by atoms with E-state index in [1.165, 1.54) is 5.56 Å². The summed E-state index contributed by atoms with van der Waals surface area (Å²) in [5.74, 6) is 1.97. The zero-order chi connectivity index (χ0) is 12.3. The summed E-state index contributed by atoms with van der Waals surface area (Å²) >= 11 is 0. The lowest BCUT2D eigenvalue weighted by Gasteiger charge is -1.98. The van der Waals surface area contributed by atoms with Crippen LogP contribution < -0.4 is 5.32 Å². The lowest BCUT2D eigenvalue weighted by molar-refractivity contribution is 0.462. The normalized spacial score (nSPS) is 11.0. The maximum atomic E-state index is 5.69. The Balaban J connectivity index is 2.07. The summed E-state index contributed by atoms with van der Waals surface area (Å²) in [5.41, 5.74) is 2.24. The monoisotopic (exact) mass is 233 g/mol. The molecule has 0 fully saturated rings. The first-order valence-electron chi connectivity index (χ1n) is 5.98. The van der Waals surface area contributed by atoms with E-state index < -0.39 is 0 Å². The molecule has 0 bridgehead atoms. The molecule has 2 heterocycles. The van der Waals surface area contributed by atoms with Crippen molar-refractivity contribution >= 4 is 0 Å². The maximum absolute atomic E-state index is 5.69. The van der Waals surface area contributed by atoms with E-state index in [9.17, 15) is 0 Å². The number of hydrogen-bond acceptors (Lipinski definition) is 3. The topological polar surface area (TPSA) is 43.0 Å². The average Bonchev–Trinajstić information content (AvgIpc) is 2.84. The van der Waals surface area contributed by atoms with E-state index in [0.717, 1.165) is 36.8 Å². The number of rotatable bonds is 5. The first-order valence-corrected chi connectivity index (χ1v) is 5.98. The van der Waals surface area contributed by atoms with E-state index in [0.29, 0.717) is 0 Å². The maximum Gasteiger partial charge on any atom is 0.118 e. The van der Waals surface area contributed by atoms with Crippen LogP contribution in [0.15, 0.2) is 22.7 Å². The van der Waals surface area contributed by atoms with Gasteiger partial charge in [0.2, 0.25) is 0 Å². The number of aryl methyl sites for hydroxylation is 2. The van der Waals surface area contributed by atoms with Gasteiger partial charge in [0.25, 0.3) is 0 Å². The van der Waals surface area contributed by atoms with Crippen molar-refractivity contribution in [1.82, 2.24) is 15.1 Å². The number of furan rings is 1. The highest BCUT2D eigenvalue weighted by Gasteiger charge is 2.08. The van der Waals surface area contributed by atoms with Crippen molar-refractivity contribution in [2.75, 3.05) is 6.54 Å². The van der Waals surface area contributed by atoms with Crippen molar-refractivity contribution < 1.29 is 4.42 Å². The second kappa shape index (κ2) is 5.19. The van der Waals surface area contributed by atoms with E-state index >= 15 is 0 Å². The molecule has 0 aliphatic heterocycles. The van der Waals surface area contributed by atoms with Crippen LogP contribution in [-0.2, 0) is 13.1 Å². The van der Waals surface area contributed by atoms with Crippen LogP contribution in [0, 0.1) is 13.8 Å². The third-order valence-corrected chi connectivity index (χ3v) is 2.73. The van der Waals surface area contributed by atoms with Gasteiger partial charge in [-0.2, -0.15) is 5.10 Å². The summed E-state index contributed by atoms with van der Waals surface area (Å²) in [5, 5.41) is 7.63. The van der Waals surface area contributed by atoms with Crippen LogP contribution in [-0.4, -0.2) is 16.3 Å². The Morgan fingerprint density at radius 3 is 2.88 bits per heavy atom. The highest BCUT2D eigenvalue weighted by molar-refractivity contribution is 5.21. The van der Waals surface area contributed by atoms with Crippen molar-refractivity contribution in [3.8, 4) is 0 Å². The number of nitrogens with zero attached hydrogens (tertiary/aromatic N) is 2. The molecule has 0 aliphatic rings. The van der Waals surface area contributed by atoms with Crippen molar-refractivity contribution in [2.45, 2.75) is 33.9 Å². The molecule has 2 rings (SSSR count). The molecular weight excluding hydrogens is 214 g/mol. The molecule has 4 heteroatoms. The van der Waals surface area contributed by atoms with Crippen LogP contribution in [0.4, 0.5) is 0 Å². The predicted molar refractivity (Wildman–Crippen MR) is 66.9 cm³/mol. The third-order valence-electron chi connectivity index (χ3n) is 2.73. The van der Waals surface area contributed by atoms with Gasteiger partial charge in [0.1, 0.15) is 11.5 Å². The molecule has 0 saturated carbocycles. The standard InChI is InChI=1S/C13H19N3O/c1-4-14-8-13-7-12(11(3)17-13)9-16-6-5-10(2)15-16/h5-7,14H,4,8-9H2,1-3H3.